The average molecular weight is 239 g/mol. The summed E-state index contributed by atoms with van der Waals surface area (Å²) in [5.74, 6) is -1.36. The number of carboxylic acids is 1. The van der Waals surface area contributed by atoms with Crippen molar-refractivity contribution in [2.75, 3.05) is 0 Å². The molecule has 0 N–H and O–H groups in total. The fraction of sp³-hybridized carbons (Fsp3) is 0.545. The normalized spacial score (nSPS) is 10.5. The predicted octanol–water partition coefficient (Wildman–Crippen LogP) is 1.04. The van der Waals surface area contributed by atoms with Gasteiger partial charge in [0, 0.05) is 6.54 Å². The van der Waals surface area contributed by atoms with E-state index >= 15 is 0 Å². The van der Waals surface area contributed by atoms with Gasteiger partial charge in [0.1, 0.15) is 0 Å². The Morgan fingerprint density at radius 3 is 2.35 bits per heavy atom. The molecular weight excluding hydrogens is 224 g/mol. The van der Waals surface area contributed by atoms with Gasteiger partial charge in [0.2, 0.25) is 0 Å². The SMILES string of the molecule is CCCn1c(C)c([N+](=O)[O-])c(CC)c1C(=O)[O-]. The van der Waals surface area contributed by atoms with Crippen molar-refractivity contribution in [3.63, 3.8) is 0 Å². The number of hydrogen-bond acceptors (Lipinski definition) is 4. The first-order valence-corrected chi connectivity index (χ1v) is 5.53. The van der Waals surface area contributed by atoms with E-state index in [4.69, 9.17) is 0 Å². The van der Waals surface area contributed by atoms with E-state index in [1.165, 1.54) is 4.57 Å². The molecule has 0 saturated carbocycles. The maximum absolute atomic E-state index is 11.1. The van der Waals surface area contributed by atoms with E-state index in [1.807, 2.05) is 6.92 Å². The Morgan fingerprint density at radius 1 is 1.41 bits per heavy atom. The van der Waals surface area contributed by atoms with Gasteiger partial charge in [0.05, 0.1) is 27.8 Å². The summed E-state index contributed by atoms with van der Waals surface area (Å²) < 4.78 is 1.46. The Balaban J connectivity index is 3.59. The highest BCUT2D eigenvalue weighted by atomic mass is 16.6. The minimum absolute atomic E-state index is 0.0569. The third-order valence-electron chi connectivity index (χ3n) is 2.77. The van der Waals surface area contributed by atoms with E-state index in [-0.39, 0.29) is 16.9 Å². The number of carbonyl (C=O) groups excluding carboxylic acids is 1. The molecule has 0 bridgehead atoms. The molecule has 0 aliphatic rings. The minimum Gasteiger partial charge on any atom is -0.543 e. The molecule has 0 aliphatic carbocycles. The second-order valence-electron chi connectivity index (χ2n) is 3.81. The zero-order chi connectivity index (χ0) is 13.2. The van der Waals surface area contributed by atoms with E-state index in [2.05, 4.69) is 0 Å². The first kappa shape index (κ1) is 13.2. The lowest BCUT2D eigenvalue weighted by atomic mass is 10.1. The van der Waals surface area contributed by atoms with Crippen molar-refractivity contribution in [2.24, 2.45) is 0 Å². The van der Waals surface area contributed by atoms with E-state index in [9.17, 15) is 20.0 Å². The maximum Gasteiger partial charge on any atom is 0.293 e. The fourth-order valence-corrected chi connectivity index (χ4v) is 2.10. The van der Waals surface area contributed by atoms with Crippen LogP contribution in [0.1, 0.15) is 42.0 Å². The Hall–Kier alpha value is -1.85. The van der Waals surface area contributed by atoms with Crippen LogP contribution in [-0.2, 0) is 13.0 Å². The Kier molecular flexibility index (Phi) is 3.88. The van der Waals surface area contributed by atoms with Crippen molar-refractivity contribution in [1.82, 2.24) is 4.57 Å². The molecule has 6 heteroatoms. The molecule has 94 valence electrons. The van der Waals surface area contributed by atoms with Gasteiger partial charge in [-0.25, -0.2) is 0 Å². The third-order valence-corrected chi connectivity index (χ3v) is 2.77. The molecular formula is C11H15N2O4-. The van der Waals surface area contributed by atoms with Gasteiger partial charge in [0.15, 0.2) is 0 Å². The number of aromatic nitrogens is 1. The van der Waals surface area contributed by atoms with E-state index < -0.39 is 10.9 Å². The lowest BCUT2D eigenvalue weighted by molar-refractivity contribution is -0.386. The summed E-state index contributed by atoms with van der Waals surface area (Å²) in [5.41, 5.74) is 0.479. The molecule has 1 aromatic rings. The van der Waals surface area contributed by atoms with Crippen LogP contribution in [0.25, 0.3) is 0 Å². The van der Waals surface area contributed by atoms with Gasteiger partial charge >= 0.3 is 0 Å². The lowest BCUT2D eigenvalue weighted by Crippen LogP contribution is -2.27. The summed E-state index contributed by atoms with van der Waals surface area (Å²) in [6, 6.07) is 0. The van der Waals surface area contributed by atoms with Crippen LogP contribution >= 0.6 is 0 Å². The molecule has 1 rings (SSSR count). The average Bonchev–Trinajstić information content (AvgIpc) is 2.52. The van der Waals surface area contributed by atoms with Crippen molar-refractivity contribution in [3.05, 3.63) is 27.1 Å². The number of hydrogen-bond donors (Lipinski definition) is 0. The summed E-state index contributed by atoms with van der Waals surface area (Å²) in [4.78, 5) is 21.6. The topological polar surface area (TPSA) is 88.2 Å². The maximum atomic E-state index is 11.1. The fourth-order valence-electron chi connectivity index (χ4n) is 2.10. The smallest absolute Gasteiger partial charge is 0.293 e. The molecule has 0 aliphatic heterocycles. The highest BCUT2D eigenvalue weighted by Gasteiger charge is 2.27. The summed E-state index contributed by atoms with van der Waals surface area (Å²) in [5, 5.41) is 22.1. The number of aromatic carboxylic acids is 1. The molecule has 0 amide bonds. The summed E-state index contributed by atoms with van der Waals surface area (Å²) in [6.07, 6.45) is 1.01. The molecule has 6 nitrogen and oxygen atoms in total. The number of rotatable bonds is 5. The van der Waals surface area contributed by atoms with Crippen molar-refractivity contribution in [3.8, 4) is 0 Å². The number of nitrogens with zero attached hydrogens (tertiary/aromatic N) is 2. The Morgan fingerprint density at radius 2 is 2.00 bits per heavy atom. The minimum atomic E-state index is -1.36. The van der Waals surface area contributed by atoms with Gasteiger partial charge in [-0.05, 0) is 19.8 Å². The van der Waals surface area contributed by atoms with E-state index in [1.54, 1.807) is 13.8 Å². The van der Waals surface area contributed by atoms with Gasteiger partial charge in [-0.3, -0.25) is 10.1 Å². The van der Waals surface area contributed by atoms with Crippen molar-refractivity contribution < 1.29 is 14.8 Å². The molecule has 17 heavy (non-hydrogen) atoms. The van der Waals surface area contributed by atoms with Crippen LogP contribution < -0.4 is 5.11 Å². The molecule has 0 fully saturated rings. The first-order valence-electron chi connectivity index (χ1n) is 5.53. The number of nitro groups is 1. The Bertz CT molecular complexity index is 463. The van der Waals surface area contributed by atoms with Crippen molar-refractivity contribution >= 4 is 11.7 Å². The lowest BCUT2D eigenvalue weighted by Gasteiger charge is -2.10. The number of carbonyl (C=O) groups is 1. The zero-order valence-corrected chi connectivity index (χ0v) is 10.1. The summed E-state index contributed by atoms with van der Waals surface area (Å²) in [6.45, 7) is 5.59. The molecule has 1 heterocycles. The Labute approximate surface area is 99.0 Å². The monoisotopic (exact) mass is 239 g/mol. The number of carboxylic acid groups (broad SMARTS) is 1. The third kappa shape index (κ3) is 2.15. The van der Waals surface area contributed by atoms with Crippen molar-refractivity contribution in [1.29, 1.82) is 0 Å². The first-order chi connectivity index (χ1) is 7.95. The van der Waals surface area contributed by atoms with Gasteiger partial charge in [-0.15, -0.1) is 0 Å². The van der Waals surface area contributed by atoms with Crippen LogP contribution in [0.3, 0.4) is 0 Å². The largest absolute Gasteiger partial charge is 0.543 e. The molecule has 1 aromatic heterocycles. The molecule has 0 spiro atoms. The van der Waals surface area contributed by atoms with Gasteiger partial charge in [0.25, 0.3) is 5.69 Å². The molecule has 0 unspecified atom stereocenters. The van der Waals surface area contributed by atoms with Crippen LogP contribution in [0.4, 0.5) is 5.69 Å². The second kappa shape index (κ2) is 4.99. The highest BCUT2D eigenvalue weighted by Crippen LogP contribution is 2.30. The molecule has 0 atom stereocenters. The second-order valence-corrected chi connectivity index (χ2v) is 3.81. The highest BCUT2D eigenvalue weighted by molar-refractivity contribution is 5.88. The predicted molar refractivity (Wildman–Crippen MR) is 59.8 cm³/mol. The molecule has 0 radical (unpaired) electrons. The zero-order valence-electron chi connectivity index (χ0n) is 10.1. The van der Waals surface area contributed by atoms with Crippen LogP contribution in [0.15, 0.2) is 0 Å². The van der Waals surface area contributed by atoms with Gasteiger partial charge < -0.3 is 14.5 Å². The molecule has 0 aromatic carbocycles. The van der Waals surface area contributed by atoms with Crippen LogP contribution in [0.5, 0.6) is 0 Å². The molecule has 0 saturated heterocycles. The van der Waals surface area contributed by atoms with Gasteiger partial charge in [-0.2, -0.15) is 0 Å². The van der Waals surface area contributed by atoms with Crippen LogP contribution in [0.2, 0.25) is 0 Å². The van der Waals surface area contributed by atoms with Gasteiger partial charge in [-0.1, -0.05) is 13.8 Å². The van der Waals surface area contributed by atoms with E-state index in [0.29, 0.717) is 25.1 Å². The summed E-state index contributed by atoms with van der Waals surface area (Å²) in [7, 11) is 0. The summed E-state index contributed by atoms with van der Waals surface area (Å²) >= 11 is 0. The van der Waals surface area contributed by atoms with Crippen molar-refractivity contribution in [2.45, 2.75) is 40.2 Å². The van der Waals surface area contributed by atoms with Crippen LogP contribution in [0, 0.1) is 17.0 Å². The quantitative estimate of drug-likeness (QED) is 0.567. The van der Waals surface area contributed by atoms with Crippen LogP contribution in [-0.4, -0.2) is 15.5 Å². The van der Waals surface area contributed by atoms with E-state index in [0.717, 1.165) is 0 Å². The standard InChI is InChI=1S/C11H16N2O4/c1-4-6-12-7(3)9(13(16)17)8(5-2)10(12)11(14)15/h4-6H2,1-3H3,(H,14,15)/p-1.